The van der Waals surface area contributed by atoms with Gasteiger partial charge in [0, 0.05) is 11.9 Å². The number of hydrogen-bond donors (Lipinski definition) is 1. The Morgan fingerprint density at radius 1 is 1.18 bits per heavy atom. The van der Waals surface area contributed by atoms with Gasteiger partial charge in [-0.25, -0.2) is 4.98 Å². The maximum absolute atomic E-state index is 4.63. The quantitative estimate of drug-likeness (QED) is 0.860. The summed E-state index contributed by atoms with van der Waals surface area (Å²) in [7, 11) is 0. The molecule has 2 heteroatoms. The molecule has 2 nitrogen and oxygen atoms in total. The van der Waals surface area contributed by atoms with Gasteiger partial charge in [0.1, 0.15) is 5.82 Å². The lowest BCUT2D eigenvalue weighted by molar-refractivity contribution is 0.180. The number of rotatable bonds is 3. The van der Waals surface area contributed by atoms with Crippen LogP contribution in [-0.4, -0.2) is 11.5 Å². The second-order valence-electron chi connectivity index (χ2n) is 5.41. The van der Waals surface area contributed by atoms with E-state index < -0.39 is 0 Å². The Labute approximate surface area is 102 Å². The number of para-hydroxylation sites is 1. The predicted molar refractivity (Wildman–Crippen MR) is 72.2 cm³/mol. The van der Waals surface area contributed by atoms with Crippen molar-refractivity contribution in [3.8, 4) is 0 Å². The van der Waals surface area contributed by atoms with Crippen LogP contribution in [-0.2, 0) is 0 Å². The second-order valence-corrected chi connectivity index (χ2v) is 5.41. The SMILES string of the molecule is CC1(CNc2ccc3ccccc3n2)CCC1. The van der Waals surface area contributed by atoms with Crippen molar-refractivity contribution >= 4 is 16.7 Å². The molecule has 1 saturated carbocycles. The molecule has 0 bridgehead atoms. The highest BCUT2D eigenvalue weighted by atomic mass is 15.0. The molecule has 0 radical (unpaired) electrons. The van der Waals surface area contributed by atoms with E-state index in [-0.39, 0.29) is 0 Å². The van der Waals surface area contributed by atoms with Crippen LogP contribution in [0.3, 0.4) is 0 Å². The minimum absolute atomic E-state index is 0.493. The Morgan fingerprint density at radius 2 is 2.00 bits per heavy atom. The van der Waals surface area contributed by atoms with E-state index in [4.69, 9.17) is 0 Å². The maximum Gasteiger partial charge on any atom is 0.126 e. The normalized spacial score (nSPS) is 17.7. The fraction of sp³-hybridized carbons (Fsp3) is 0.400. The summed E-state index contributed by atoms with van der Waals surface area (Å²) in [5.74, 6) is 0.997. The summed E-state index contributed by atoms with van der Waals surface area (Å²) in [6.07, 6.45) is 4.06. The molecule has 0 atom stereocenters. The van der Waals surface area contributed by atoms with Crippen molar-refractivity contribution in [1.29, 1.82) is 0 Å². The molecule has 1 aromatic heterocycles. The third-order valence-electron chi connectivity index (χ3n) is 3.86. The number of nitrogens with one attached hydrogen (secondary N) is 1. The van der Waals surface area contributed by atoms with Crippen LogP contribution < -0.4 is 5.32 Å². The summed E-state index contributed by atoms with van der Waals surface area (Å²) in [6.45, 7) is 3.39. The molecule has 2 aromatic rings. The van der Waals surface area contributed by atoms with Gasteiger partial charge in [-0.05, 0) is 36.5 Å². The van der Waals surface area contributed by atoms with Crippen LogP contribution in [0.1, 0.15) is 26.2 Å². The molecule has 0 unspecified atom stereocenters. The molecule has 1 N–H and O–H groups in total. The topological polar surface area (TPSA) is 24.9 Å². The van der Waals surface area contributed by atoms with Gasteiger partial charge >= 0.3 is 0 Å². The molecule has 1 aliphatic rings. The van der Waals surface area contributed by atoms with Gasteiger partial charge < -0.3 is 5.32 Å². The van der Waals surface area contributed by atoms with Crippen LogP contribution in [0.5, 0.6) is 0 Å². The van der Waals surface area contributed by atoms with Gasteiger partial charge in [0.15, 0.2) is 0 Å². The highest BCUT2D eigenvalue weighted by molar-refractivity contribution is 5.80. The summed E-state index contributed by atoms with van der Waals surface area (Å²) in [4.78, 5) is 4.63. The van der Waals surface area contributed by atoms with Crippen molar-refractivity contribution < 1.29 is 0 Å². The van der Waals surface area contributed by atoms with E-state index in [1.165, 1.54) is 24.6 Å². The van der Waals surface area contributed by atoms with Crippen LogP contribution in [0.25, 0.3) is 10.9 Å². The third kappa shape index (κ3) is 2.12. The van der Waals surface area contributed by atoms with Crippen LogP contribution >= 0.6 is 0 Å². The zero-order valence-electron chi connectivity index (χ0n) is 10.2. The molecule has 1 fully saturated rings. The monoisotopic (exact) mass is 226 g/mol. The minimum Gasteiger partial charge on any atom is -0.370 e. The number of benzene rings is 1. The first kappa shape index (κ1) is 10.6. The van der Waals surface area contributed by atoms with Crippen LogP contribution in [0, 0.1) is 5.41 Å². The summed E-state index contributed by atoms with van der Waals surface area (Å²) in [5, 5.41) is 4.67. The molecule has 1 heterocycles. The lowest BCUT2D eigenvalue weighted by Gasteiger charge is -2.38. The average molecular weight is 226 g/mol. The van der Waals surface area contributed by atoms with E-state index >= 15 is 0 Å². The largest absolute Gasteiger partial charge is 0.370 e. The fourth-order valence-electron chi connectivity index (χ4n) is 2.43. The van der Waals surface area contributed by atoms with Gasteiger partial charge in [0.2, 0.25) is 0 Å². The van der Waals surface area contributed by atoms with E-state index in [1.54, 1.807) is 0 Å². The number of pyridine rings is 1. The van der Waals surface area contributed by atoms with Crippen LogP contribution in [0.2, 0.25) is 0 Å². The van der Waals surface area contributed by atoms with Crippen molar-refractivity contribution in [3.05, 3.63) is 36.4 Å². The Morgan fingerprint density at radius 3 is 2.76 bits per heavy atom. The maximum atomic E-state index is 4.63. The average Bonchev–Trinajstić information content (AvgIpc) is 2.34. The zero-order chi connectivity index (χ0) is 11.7. The molecule has 17 heavy (non-hydrogen) atoms. The molecule has 88 valence electrons. The van der Waals surface area contributed by atoms with Crippen molar-refractivity contribution in [2.75, 3.05) is 11.9 Å². The predicted octanol–water partition coefficient (Wildman–Crippen LogP) is 3.84. The van der Waals surface area contributed by atoms with E-state index in [0.29, 0.717) is 5.41 Å². The highest BCUT2D eigenvalue weighted by Crippen LogP contribution is 2.40. The third-order valence-corrected chi connectivity index (χ3v) is 3.86. The lowest BCUT2D eigenvalue weighted by atomic mass is 9.70. The first-order valence-corrected chi connectivity index (χ1v) is 6.35. The molecule has 1 aliphatic carbocycles. The number of fused-ring (bicyclic) bond motifs is 1. The Kier molecular flexibility index (Phi) is 2.50. The van der Waals surface area contributed by atoms with Gasteiger partial charge in [0.05, 0.1) is 5.52 Å². The van der Waals surface area contributed by atoms with Crippen LogP contribution in [0.15, 0.2) is 36.4 Å². The summed E-state index contributed by atoms with van der Waals surface area (Å²) in [5.41, 5.74) is 1.56. The van der Waals surface area contributed by atoms with Gasteiger partial charge in [0.25, 0.3) is 0 Å². The first-order chi connectivity index (χ1) is 8.25. The summed E-state index contributed by atoms with van der Waals surface area (Å²) >= 11 is 0. The lowest BCUT2D eigenvalue weighted by Crippen LogP contribution is -2.33. The Hall–Kier alpha value is -1.57. The minimum atomic E-state index is 0.493. The number of aromatic nitrogens is 1. The van der Waals surface area contributed by atoms with Gasteiger partial charge in [-0.3, -0.25) is 0 Å². The Balaban J connectivity index is 1.76. The molecular formula is C15H18N2. The molecule has 0 aliphatic heterocycles. The standard InChI is InChI=1S/C15H18N2/c1-15(9-4-10-15)11-16-14-8-7-12-5-2-3-6-13(12)17-14/h2-3,5-8H,4,9-11H2,1H3,(H,16,17). The van der Waals surface area contributed by atoms with Crippen molar-refractivity contribution in [1.82, 2.24) is 4.98 Å². The number of anilines is 1. The zero-order valence-corrected chi connectivity index (χ0v) is 10.2. The molecule has 0 amide bonds. The summed E-state index contributed by atoms with van der Waals surface area (Å²) in [6, 6.07) is 12.4. The van der Waals surface area contributed by atoms with Gasteiger partial charge in [-0.1, -0.05) is 31.5 Å². The van der Waals surface area contributed by atoms with Gasteiger partial charge in [-0.15, -0.1) is 0 Å². The number of hydrogen-bond acceptors (Lipinski definition) is 2. The molecule has 0 saturated heterocycles. The van der Waals surface area contributed by atoms with Crippen LogP contribution in [0.4, 0.5) is 5.82 Å². The van der Waals surface area contributed by atoms with Crippen molar-refractivity contribution in [3.63, 3.8) is 0 Å². The van der Waals surface area contributed by atoms with Crippen molar-refractivity contribution in [2.24, 2.45) is 5.41 Å². The molecular weight excluding hydrogens is 208 g/mol. The fourth-order valence-corrected chi connectivity index (χ4v) is 2.43. The van der Waals surface area contributed by atoms with Crippen molar-refractivity contribution in [2.45, 2.75) is 26.2 Å². The molecule has 1 aromatic carbocycles. The van der Waals surface area contributed by atoms with E-state index in [0.717, 1.165) is 17.9 Å². The molecule has 0 spiro atoms. The van der Waals surface area contributed by atoms with Gasteiger partial charge in [-0.2, -0.15) is 0 Å². The van der Waals surface area contributed by atoms with E-state index in [9.17, 15) is 0 Å². The highest BCUT2D eigenvalue weighted by Gasteiger charge is 2.31. The molecule has 3 rings (SSSR count). The number of nitrogens with zero attached hydrogens (tertiary/aromatic N) is 1. The summed E-state index contributed by atoms with van der Waals surface area (Å²) < 4.78 is 0. The van der Waals surface area contributed by atoms with E-state index in [1.807, 2.05) is 12.1 Å². The Bertz CT molecular complexity index is 529. The smallest absolute Gasteiger partial charge is 0.126 e. The second kappa shape index (κ2) is 4.02. The van der Waals surface area contributed by atoms with E-state index in [2.05, 4.69) is 41.5 Å². The first-order valence-electron chi connectivity index (χ1n) is 6.35.